The molecule has 4 heteroatoms. The lowest BCUT2D eigenvalue weighted by Crippen LogP contribution is -2.46. The molecule has 2 aliphatic heterocycles. The van der Waals surface area contributed by atoms with Gasteiger partial charge in [-0.05, 0) is 17.5 Å². The van der Waals surface area contributed by atoms with Crippen LogP contribution in [0.4, 0.5) is 0 Å². The molecular formula is C16H23NO3. The Bertz CT molecular complexity index is 443. The number of hydrogen-bond donors (Lipinski definition) is 2. The van der Waals surface area contributed by atoms with Crippen LogP contribution in [-0.2, 0) is 15.9 Å². The fourth-order valence-electron chi connectivity index (χ4n) is 3.01. The normalized spacial score (nSPS) is 25.1. The van der Waals surface area contributed by atoms with Crippen molar-refractivity contribution in [3.05, 3.63) is 35.4 Å². The smallest absolute Gasteiger partial charge is 0.0952 e. The van der Waals surface area contributed by atoms with Crippen molar-refractivity contribution in [2.24, 2.45) is 0 Å². The van der Waals surface area contributed by atoms with Crippen LogP contribution in [0.3, 0.4) is 0 Å². The van der Waals surface area contributed by atoms with Crippen molar-refractivity contribution in [3.63, 3.8) is 0 Å². The standard InChI is InChI=1S/C16H23NO3/c18-16(6-9-19-10-7-16)12-17-11-15-14-4-2-1-3-13(14)5-8-20-15/h1-4,15,17-18H,5-12H2. The predicted molar refractivity (Wildman–Crippen MR) is 76.7 cm³/mol. The fourth-order valence-corrected chi connectivity index (χ4v) is 3.01. The van der Waals surface area contributed by atoms with E-state index in [9.17, 15) is 5.11 Å². The maximum atomic E-state index is 10.4. The third-order valence-electron chi connectivity index (χ3n) is 4.30. The third-order valence-corrected chi connectivity index (χ3v) is 4.30. The van der Waals surface area contributed by atoms with Crippen LogP contribution in [0.1, 0.15) is 30.1 Å². The number of rotatable bonds is 4. The summed E-state index contributed by atoms with van der Waals surface area (Å²) in [6.45, 7) is 3.45. The summed E-state index contributed by atoms with van der Waals surface area (Å²) >= 11 is 0. The zero-order valence-corrected chi connectivity index (χ0v) is 11.8. The van der Waals surface area contributed by atoms with Crippen molar-refractivity contribution < 1.29 is 14.6 Å². The SMILES string of the molecule is OC1(CNCC2OCCc3ccccc32)CCOCC1. The van der Waals surface area contributed by atoms with Crippen molar-refractivity contribution in [2.45, 2.75) is 31.0 Å². The Hall–Kier alpha value is -0.940. The van der Waals surface area contributed by atoms with Crippen molar-refractivity contribution in [3.8, 4) is 0 Å². The van der Waals surface area contributed by atoms with E-state index in [2.05, 4.69) is 29.6 Å². The Labute approximate surface area is 120 Å². The van der Waals surface area contributed by atoms with Crippen LogP contribution >= 0.6 is 0 Å². The second-order valence-electron chi connectivity index (χ2n) is 5.78. The van der Waals surface area contributed by atoms with Gasteiger partial charge in [-0.1, -0.05) is 24.3 Å². The molecular weight excluding hydrogens is 254 g/mol. The van der Waals surface area contributed by atoms with E-state index < -0.39 is 5.60 Å². The summed E-state index contributed by atoms with van der Waals surface area (Å²) in [7, 11) is 0. The number of aliphatic hydroxyl groups is 1. The highest BCUT2D eigenvalue weighted by Gasteiger charge is 2.30. The molecule has 0 aliphatic carbocycles. The minimum Gasteiger partial charge on any atom is -0.388 e. The lowest BCUT2D eigenvalue weighted by atomic mass is 9.94. The quantitative estimate of drug-likeness (QED) is 0.874. The Morgan fingerprint density at radius 1 is 1.20 bits per heavy atom. The van der Waals surface area contributed by atoms with Crippen molar-refractivity contribution in [2.75, 3.05) is 32.9 Å². The Balaban J connectivity index is 1.54. The molecule has 1 saturated heterocycles. The van der Waals surface area contributed by atoms with Gasteiger partial charge in [-0.25, -0.2) is 0 Å². The minimum absolute atomic E-state index is 0.100. The van der Waals surface area contributed by atoms with E-state index in [0.717, 1.165) is 19.6 Å². The van der Waals surface area contributed by atoms with Crippen LogP contribution in [0.5, 0.6) is 0 Å². The van der Waals surface area contributed by atoms with E-state index in [1.807, 2.05) is 0 Å². The van der Waals surface area contributed by atoms with Gasteiger partial charge in [0.15, 0.2) is 0 Å². The Morgan fingerprint density at radius 2 is 2.00 bits per heavy atom. The second-order valence-corrected chi connectivity index (χ2v) is 5.78. The lowest BCUT2D eigenvalue weighted by molar-refractivity contribution is -0.0634. The maximum absolute atomic E-state index is 10.4. The Kier molecular flexibility index (Phi) is 4.36. The average Bonchev–Trinajstić information content (AvgIpc) is 2.48. The van der Waals surface area contributed by atoms with Crippen LogP contribution in [0.25, 0.3) is 0 Å². The molecule has 0 spiro atoms. The van der Waals surface area contributed by atoms with E-state index in [4.69, 9.17) is 9.47 Å². The summed E-state index contributed by atoms with van der Waals surface area (Å²) in [5, 5.41) is 13.8. The van der Waals surface area contributed by atoms with E-state index in [1.54, 1.807) is 0 Å². The molecule has 4 nitrogen and oxygen atoms in total. The maximum Gasteiger partial charge on any atom is 0.0952 e. The molecule has 1 atom stereocenters. The van der Waals surface area contributed by atoms with E-state index in [0.29, 0.717) is 32.6 Å². The van der Waals surface area contributed by atoms with Gasteiger partial charge >= 0.3 is 0 Å². The lowest BCUT2D eigenvalue weighted by Gasteiger charge is -2.33. The molecule has 0 bridgehead atoms. The van der Waals surface area contributed by atoms with E-state index in [1.165, 1.54) is 11.1 Å². The molecule has 1 fully saturated rings. The number of fused-ring (bicyclic) bond motifs is 1. The highest BCUT2D eigenvalue weighted by molar-refractivity contribution is 5.31. The minimum atomic E-state index is -0.619. The number of hydrogen-bond acceptors (Lipinski definition) is 4. The van der Waals surface area contributed by atoms with Gasteiger partial charge in [0, 0.05) is 39.1 Å². The summed E-state index contributed by atoms with van der Waals surface area (Å²) in [5.74, 6) is 0. The molecule has 0 aromatic heterocycles. The van der Waals surface area contributed by atoms with E-state index >= 15 is 0 Å². The predicted octanol–water partition coefficient (Wildman–Crippen LogP) is 1.43. The highest BCUT2D eigenvalue weighted by Crippen LogP contribution is 2.26. The highest BCUT2D eigenvalue weighted by atomic mass is 16.5. The first-order chi connectivity index (χ1) is 9.77. The van der Waals surface area contributed by atoms with Crippen LogP contribution in [0.15, 0.2) is 24.3 Å². The van der Waals surface area contributed by atoms with Gasteiger partial charge in [-0.2, -0.15) is 0 Å². The molecule has 3 rings (SSSR count). The topological polar surface area (TPSA) is 50.7 Å². The van der Waals surface area contributed by atoms with Gasteiger partial charge in [0.05, 0.1) is 18.3 Å². The van der Waals surface area contributed by atoms with Gasteiger partial charge in [0.2, 0.25) is 0 Å². The molecule has 2 N–H and O–H groups in total. The summed E-state index contributed by atoms with van der Waals surface area (Å²) in [5.41, 5.74) is 2.05. The zero-order chi connectivity index (χ0) is 13.8. The fraction of sp³-hybridized carbons (Fsp3) is 0.625. The average molecular weight is 277 g/mol. The monoisotopic (exact) mass is 277 g/mol. The number of ether oxygens (including phenoxy) is 2. The van der Waals surface area contributed by atoms with Crippen LogP contribution in [-0.4, -0.2) is 43.6 Å². The molecule has 1 aromatic carbocycles. The third kappa shape index (κ3) is 3.20. The molecule has 1 aromatic rings. The summed E-state index contributed by atoms with van der Waals surface area (Å²) < 4.78 is 11.2. The molecule has 1 unspecified atom stereocenters. The molecule has 0 radical (unpaired) electrons. The number of nitrogens with one attached hydrogen (secondary N) is 1. The first-order valence-electron chi connectivity index (χ1n) is 7.47. The van der Waals surface area contributed by atoms with Gasteiger partial charge in [-0.15, -0.1) is 0 Å². The molecule has 2 aliphatic rings. The first kappa shape index (κ1) is 14.0. The molecule has 20 heavy (non-hydrogen) atoms. The van der Waals surface area contributed by atoms with Crippen molar-refractivity contribution >= 4 is 0 Å². The Morgan fingerprint density at radius 3 is 2.85 bits per heavy atom. The van der Waals surface area contributed by atoms with Gasteiger partial charge in [0.1, 0.15) is 0 Å². The number of benzene rings is 1. The largest absolute Gasteiger partial charge is 0.388 e. The summed E-state index contributed by atoms with van der Waals surface area (Å²) in [6, 6.07) is 8.47. The van der Waals surface area contributed by atoms with E-state index in [-0.39, 0.29) is 6.10 Å². The van der Waals surface area contributed by atoms with Crippen LogP contribution in [0, 0.1) is 0 Å². The summed E-state index contributed by atoms with van der Waals surface area (Å²) in [4.78, 5) is 0. The van der Waals surface area contributed by atoms with Crippen LogP contribution in [0.2, 0.25) is 0 Å². The van der Waals surface area contributed by atoms with Gasteiger partial charge in [0.25, 0.3) is 0 Å². The molecule has 110 valence electrons. The van der Waals surface area contributed by atoms with Crippen molar-refractivity contribution in [1.82, 2.24) is 5.32 Å². The van der Waals surface area contributed by atoms with Crippen molar-refractivity contribution in [1.29, 1.82) is 0 Å². The zero-order valence-electron chi connectivity index (χ0n) is 11.8. The second kappa shape index (κ2) is 6.22. The van der Waals surface area contributed by atoms with Gasteiger partial charge < -0.3 is 19.9 Å². The summed E-state index contributed by atoms with van der Waals surface area (Å²) in [6.07, 6.45) is 2.52. The van der Waals surface area contributed by atoms with Crippen LogP contribution < -0.4 is 5.32 Å². The molecule has 0 saturated carbocycles. The molecule has 2 heterocycles. The van der Waals surface area contributed by atoms with Gasteiger partial charge in [-0.3, -0.25) is 0 Å². The molecule has 0 amide bonds. The first-order valence-corrected chi connectivity index (χ1v) is 7.47.